The van der Waals surface area contributed by atoms with Gasteiger partial charge in [-0.15, -0.1) is 0 Å². The van der Waals surface area contributed by atoms with Crippen LogP contribution < -0.4 is 5.32 Å². The Balaban J connectivity index is 3.02. The number of aldehydes is 2. The van der Waals surface area contributed by atoms with E-state index in [0.717, 1.165) is 19.1 Å². The molecule has 0 unspecified atom stereocenters. The van der Waals surface area contributed by atoms with Gasteiger partial charge < -0.3 is 5.32 Å². The van der Waals surface area contributed by atoms with E-state index in [9.17, 15) is 9.59 Å². The third-order valence-electron chi connectivity index (χ3n) is 2.10. The molecule has 0 bridgehead atoms. The third-order valence-corrected chi connectivity index (χ3v) is 2.10. The monoisotopic (exact) mass is 215 g/mol. The topological polar surface area (TPSA) is 46.2 Å². The molecule has 0 aliphatic carbocycles. The molecule has 0 atom stereocenters. The Morgan fingerprint density at radius 1 is 1.25 bits per heavy atom. The van der Waals surface area contributed by atoms with Gasteiger partial charge in [0.15, 0.2) is 12.6 Å². The van der Waals surface area contributed by atoms with Gasteiger partial charge in [0, 0.05) is 29.7 Å². The minimum Gasteiger partial charge on any atom is -0.319 e. The maximum absolute atomic E-state index is 10.8. The first-order valence-electron chi connectivity index (χ1n) is 5.00. The van der Waals surface area contributed by atoms with Crippen LogP contribution in [0.25, 0.3) is 0 Å². The minimum absolute atomic E-state index is 0.460. The van der Waals surface area contributed by atoms with Crippen LogP contribution in [0.15, 0.2) is 18.2 Å². The van der Waals surface area contributed by atoms with Crippen LogP contribution in [0.1, 0.15) is 32.7 Å². The average molecular weight is 215 g/mol. The van der Waals surface area contributed by atoms with Crippen LogP contribution in [-0.4, -0.2) is 26.2 Å². The van der Waals surface area contributed by atoms with E-state index < -0.39 is 0 Å². The number of benzene rings is 1. The second kappa shape index (κ2) is 6.54. The molecule has 3 nitrogen and oxygen atoms in total. The van der Waals surface area contributed by atoms with Crippen molar-refractivity contribution in [2.24, 2.45) is 0 Å². The molecule has 0 fully saturated rings. The van der Waals surface area contributed by atoms with Crippen LogP contribution in [0, 0.1) is 11.8 Å². The summed E-state index contributed by atoms with van der Waals surface area (Å²) in [6, 6.07) is 4.98. The third kappa shape index (κ3) is 3.04. The Morgan fingerprint density at radius 3 is 2.38 bits per heavy atom. The van der Waals surface area contributed by atoms with Gasteiger partial charge in [0.2, 0.25) is 0 Å². The van der Waals surface area contributed by atoms with Crippen molar-refractivity contribution in [2.45, 2.75) is 6.42 Å². The summed E-state index contributed by atoms with van der Waals surface area (Å²) in [4.78, 5) is 21.6. The van der Waals surface area contributed by atoms with E-state index >= 15 is 0 Å². The molecule has 0 saturated heterocycles. The smallest absolute Gasteiger partial charge is 0.151 e. The maximum atomic E-state index is 10.8. The predicted octanol–water partition coefficient (Wildman–Crippen LogP) is 1.27. The molecule has 0 heterocycles. The molecule has 0 aliphatic heterocycles. The summed E-state index contributed by atoms with van der Waals surface area (Å²) in [7, 11) is 1.85. The molecule has 16 heavy (non-hydrogen) atoms. The Hall–Kier alpha value is -1.92. The summed E-state index contributed by atoms with van der Waals surface area (Å²) >= 11 is 0. The van der Waals surface area contributed by atoms with Crippen LogP contribution in [0.2, 0.25) is 0 Å². The number of nitrogens with one attached hydrogen (secondary N) is 1. The standard InChI is InChI=1S/C13H13NO2/c1-14-8-3-2-7-13-11(9-15)5-4-6-12(13)10-16/h4-6,9-10,14H,3,8H2,1H3. The van der Waals surface area contributed by atoms with Gasteiger partial charge in [-0.25, -0.2) is 0 Å². The Bertz CT molecular complexity index is 415. The maximum Gasteiger partial charge on any atom is 0.151 e. The molecule has 1 rings (SSSR count). The second-order valence-electron chi connectivity index (χ2n) is 3.20. The molecule has 82 valence electrons. The first-order chi connectivity index (χ1) is 7.83. The fourth-order valence-electron chi connectivity index (χ4n) is 1.27. The number of rotatable bonds is 4. The average Bonchev–Trinajstić information content (AvgIpc) is 2.34. The van der Waals surface area contributed by atoms with Crippen molar-refractivity contribution in [2.75, 3.05) is 13.6 Å². The number of hydrogen-bond donors (Lipinski definition) is 1. The van der Waals surface area contributed by atoms with Crippen molar-refractivity contribution in [3.8, 4) is 11.8 Å². The lowest BCUT2D eigenvalue weighted by molar-refractivity contribution is 0.112. The molecule has 1 aromatic carbocycles. The molecule has 0 amide bonds. The predicted molar refractivity (Wildman–Crippen MR) is 62.6 cm³/mol. The van der Waals surface area contributed by atoms with Crippen molar-refractivity contribution in [3.63, 3.8) is 0 Å². The van der Waals surface area contributed by atoms with Crippen molar-refractivity contribution in [1.29, 1.82) is 0 Å². The molecule has 0 radical (unpaired) electrons. The van der Waals surface area contributed by atoms with E-state index in [1.807, 2.05) is 7.05 Å². The molecule has 0 aromatic heterocycles. The van der Waals surface area contributed by atoms with Gasteiger partial charge >= 0.3 is 0 Å². The van der Waals surface area contributed by atoms with E-state index in [0.29, 0.717) is 23.1 Å². The molecule has 3 heteroatoms. The molecule has 1 aromatic rings. The molecular formula is C13H13NO2. The summed E-state index contributed by atoms with van der Waals surface area (Å²) in [6.45, 7) is 0.784. The van der Waals surface area contributed by atoms with Gasteiger partial charge in [-0.2, -0.15) is 0 Å². The van der Waals surface area contributed by atoms with E-state index in [4.69, 9.17) is 0 Å². The highest BCUT2D eigenvalue weighted by molar-refractivity contribution is 5.88. The van der Waals surface area contributed by atoms with Gasteiger partial charge in [-0.05, 0) is 7.05 Å². The highest BCUT2D eigenvalue weighted by Crippen LogP contribution is 2.10. The van der Waals surface area contributed by atoms with Gasteiger partial charge in [0.05, 0.1) is 0 Å². The lowest BCUT2D eigenvalue weighted by atomic mass is 10.0. The van der Waals surface area contributed by atoms with Gasteiger partial charge in [0.1, 0.15) is 0 Å². The molecular weight excluding hydrogens is 202 g/mol. The normalized spacial score (nSPS) is 9.06. The van der Waals surface area contributed by atoms with Crippen LogP contribution >= 0.6 is 0 Å². The van der Waals surface area contributed by atoms with Crippen LogP contribution in [0.5, 0.6) is 0 Å². The summed E-state index contributed by atoms with van der Waals surface area (Å²) in [5, 5.41) is 2.97. The molecule has 0 spiro atoms. The zero-order valence-electron chi connectivity index (χ0n) is 9.12. The van der Waals surface area contributed by atoms with Crippen LogP contribution in [0.4, 0.5) is 0 Å². The van der Waals surface area contributed by atoms with Gasteiger partial charge in [-0.1, -0.05) is 30.0 Å². The van der Waals surface area contributed by atoms with Gasteiger partial charge in [-0.3, -0.25) is 9.59 Å². The Morgan fingerprint density at radius 2 is 1.88 bits per heavy atom. The number of carbonyl (C=O) groups is 2. The van der Waals surface area contributed by atoms with E-state index in [2.05, 4.69) is 17.2 Å². The fourth-order valence-corrected chi connectivity index (χ4v) is 1.27. The zero-order chi connectivity index (χ0) is 11.8. The highest BCUT2D eigenvalue weighted by Gasteiger charge is 2.03. The zero-order valence-corrected chi connectivity index (χ0v) is 9.12. The molecule has 0 aliphatic rings. The van der Waals surface area contributed by atoms with Crippen molar-refractivity contribution in [3.05, 3.63) is 34.9 Å². The summed E-state index contributed by atoms with van der Waals surface area (Å²) < 4.78 is 0. The molecule has 1 N–H and O–H groups in total. The first kappa shape index (κ1) is 12.2. The Labute approximate surface area is 94.9 Å². The van der Waals surface area contributed by atoms with E-state index in [1.165, 1.54) is 0 Å². The van der Waals surface area contributed by atoms with Crippen LogP contribution in [-0.2, 0) is 0 Å². The second-order valence-corrected chi connectivity index (χ2v) is 3.20. The largest absolute Gasteiger partial charge is 0.319 e. The molecule has 0 saturated carbocycles. The SMILES string of the molecule is CNCCC#Cc1c(C=O)cccc1C=O. The van der Waals surface area contributed by atoms with Crippen molar-refractivity contribution < 1.29 is 9.59 Å². The van der Waals surface area contributed by atoms with E-state index in [-0.39, 0.29) is 0 Å². The highest BCUT2D eigenvalue weighted by atomic mass is 16.1. The lowest BCUT2D eigenvalue weighted by Crippen LogP contribution is -2.06. The number of carbonyl (C=O) groups excluding carboxylic acids is 2. The van der Waals surface area contributed by atoms with E-state index in [1.54, 1.807) is 18.2 Å². The van der Waals surface area contributed by atoms with Crippen LogP contribution in [0.3, 0.4) is 0 Å². The fraction of sp³-hybridized carbons (Fsp3) is 0.231. The van der Waals surface area contributed by atoms with Gasteiger partial charge in [0.25, 0.3) is 0 Å². The van der Waals surface area contributed by atoms with Crippen molar-refractivity contribution in [1.82, 2.24) is 5.32 Å². The summed E-state index contributed by atoms with van der Waals surface area (Å²) in [6.07, 6.45) is 2.12. The summed E-state index contributed by atoms with van der Waals surface area (Å²) in [5.41, 5.74) is 1.44. The quantitative estimate of drug-likeness (QED) is 0.467. The first-order valence-corrected chi connectivity index (χ1v) is 5.00. The Kier molecular flexibility index (Phi) is 4.97. The summed E-state index contributed by atoms with van der Waals surface area (Å²) in [5.74, 6) is 5.79. The minimum atomic E-state index is 0.460. The van der Waals surface area contributed by atoms with Crippen molar-refractivity contribution >= 4 is 12.6 Å². The lowest BCUT2D eigenvalue weighted by Gasteiger charge is -1.99. The number of hydrogen-bond acceptors (Lipinski definition) is 3.